The Morgan fingerprint density at radius 1 is 0.897 bits per heavy atom. The smallest absolute Gasteiger partial charge is 0.224 e. The molecule has 29 heavy (non-hydrogen) atoms. The first-order valence-corrected chi connectivity index (χ1v) is 8.26. The minimum Gasteiger partial charge on any atom is -0.297 e. The molecule has 11 heteroatoms. The first kappa shape index (κ1) is 25.1. The van der Waals surface area contributed by atoms with E-state index >= 15 is 0 Å². The van der Waals surface area contributed by atoms with E-state index in [1.807, 2.05) is 0 Å². The van der Waals surface area contributed by atoms with Crippen molar-refractivity contribution in [2.75, 3.05) is 4.90 Å². The van der Waals surface area contributed by atoms with Gasteiger partial charge in [0.15, 0.2) is 11.8 Å². The molecule has 3 aromatic rings. The van der Waals surface area contributed by atoms with Crippen molar-refractivity contribution in [3.05, 3.63) is 63.3 Å². The molecule has 0 saturated heterocycles. The average molecular weight is 486 g/mol. The van der Waals surface area contributed by atoms with Crippen molar-refractivity contribution in [1.82, 2.24) is 20.3 Å². The molecule has 2 amide bonds. The number of anilines is 1. The van der Waals surface area contributed by atoms with E-state index in [1.54, 1.807) is 27.7 Å². The summed E-state index contributed by atoms with van der Waals surface area (Å²) >= 11 is 5.97. The predicted octanol–water partition coefficient (Wildman–Crippen LogP) is 2.83. The predicted molar refractivity (Wildman–Crippen MR) is 95.5 cm³/mol. The van der Waals surface area contributed by atoms with Gasteiger partial charge < -0.3 is 0 Å². The van der Waals surface area contributed by atoms with Crippen LogP contribution < -0.4 is 4.90 Å². The zero-order chi connectivity index (χ0) is 19.7. The molecule has 0 N–H and O–H groups in total. The second kappa shape index (κ2) is 10.2. The van der Waals surface area contributed by atoms with Gasteiger partial charge in [0, 0.05) is 37.1 Å². The van der Waals surface area contributed by atoms with Crippen LogP contribution in [0.3, 0.4) is 0 Å². The zero-order valence-electron chi connectivity index (χ0n) is 15.9. The monoisotopic (exact) mass is 485 g/mol. The Kier molecular flexibility index (Phi) is 8.81. The Morgan fingerprint density at radius 2 is 1.34 bits per heavy atom. The Morgan fingerprint density at radius 3 is 1.69 bits per heavy atom. The quantitative estimate of drug-likeness (QED) is 0.415. The molecular formula is C18H14ClN5O3V2-2. The molecule has 3 rings (SSSR count). The summed E-state index contributed by atoms with van der Waals surface area (Å²) in [4.78, 5) is 35.6. The van der Waals surface area contributed by atoms with Crippen LogP contribution in [0.5, 0.6) is 0 Å². The third-order valence-corrected chi connectivity index (χ3v) is 4.05. The minimum absolute atomic E-state index is 0. The van der Waals surface area contributed by atoms with Crippen molar-refractivity contribution < 1.29 is 51.3 Å². The van der Waals surface area contributed by atoms with Gasteiger partial charge in [-0.3, -0.25) is 24.5 Å². The third kappa shape index (κ3) is 5.15. The van der Waals surface area contributed by atoms with Gasteiger partial charge in [0.2, 0.25) is 11.0 Å². The van der Waals surface area contributed by atoms with Crippen LogP contribution in [0.2, 0.25) is 5.15 Å². The molecule has 2 radical (unpaired) electrons. The molecule has 8 nitrogen and oxygen atoms in total. The first-order valence-electron chi connectivity index (χ1n) is 7.88. The molecule has 0 fully saturated rings. The van der Waals surface area contributed by atoms with Crippen LogP contribution >= 0.6 is 11.6 Å². The molecule has 0 bridgehead atoms. The van der Waals surface area contributed by atoms with Crippen LogP contribution in [-0.4, -0.2) is 32.1 Å². The largest absolute Gasteiger partial charge is 0.297 e. The van der Waals surface area contributed by atoms with Crippen LogP contribution in [-0.2, 0) is 37.1 Å². The molecule has 0 unspecified atom stereocenters. The normalized spacial score (nSPS) is 9.97. The Bertz CT molecular complexity index is 994. The van der Waals surface area contributed by atoms with Crippen molar-refractivity contribution in [2.24, 2.45) is 0 Å². The molecular weight excluding hydrogens is 472 g/mol. The van der Waals surface area contributed by atoms with Crippen molar-refractivity contribution in [2.45, 2.75) is 27.7 Å². The number of aromatic nitrogens is 4. The van der Waals surface area contributed by atoms with E-state index in [-0.39, 0.29) is 59.2 Å². The summed E-state index contributed by atoms with van der Waals surface area (Å²) in [5.74, 6) is -1.58. The fourth-order valence-corrected chi connectivity index (χ4v) is 2.67. The molecule has 148 valence electrons. The number of imide groups is 1. The summed E-state index contributed by atoms with van der Waals surface area (Å²) in [6.07, 6.45) is 0. The van der Waals surface area contributed by atoms with Crippen LogP contribution in [0.15, 0.2) is 16.8 Å². The van der Waals surface area contributed by atoms with Gasteiger partial charge in [-0.2, -0.15) is 0 Å². The van der Waals surface area contributed by atoms with Gasteiger partial charge in [-0.25, -0.2) is 28.9 Å². The number of pyridine rings is 2. The first-order chi connectivity index (χ1) is 12.8. The maximum Gasteiger partial charge on any atom is 0.224 e. The van der Waals surface area contributed by atoms with Crippen LogP contribution in [0.25, 0.3) is 0 Å². The maximum absolute atomic E-state index is 13.2. The zero-order valence-corrected chi connectivity index (χ0v) is 19.4. The maximum atomic E-state index is 13.2. The van der Waals surface area contributed by atoms with Gasteiger partial charge in [0.1, 0.15) is 0 Å². The number of rotatable bonds is 3. The van der Waals surface area contributed by atoms with E-state index in [1.165, 1.54) is 12.1 Å². The molecule has 3 heterocycles. The molecule has 0 aliphatic rings. The number of hydrogen-bond donors (Lipinski definition) is 0. The second-order valence-corrected chi connectivity index (χ2v) is 6.15. The van der Waals surface area contributed by atoms with E-state index in [4.69, 9.17) is 11.6 Å². The SMILES string of the molecule is Cc1[c-]cc(C(=O)N(C(=O)c2c[c-]c(C)nc2C)c2nonc2Cl)c(C)n1.[V].[V]. The van der Waals surface area contributed by atoms with E-state index in [2.05, 4.69) is 37.0 Å². The summed E-state index contributed by atoms with van der Waals surface area (Å²) in [6.45, 7) is 6.82. The Hall–Kier alpha value is -1.96. The molecule has 0 aromatic carbocycles. The van der Waals surface area contributed by atoms with Gasteiger partial charge in [-0.05, 0) is 49.4 Å². The van der Waals surface area contributed by atoms with Crippen molar-refractivity contribution in [3.63, 3.8) is 0 Å². The molecule has 0 spiro atoms. The fraction of sp³-hybridized carbons (Fsp3) is 0.222. The van der Waals surface area contributed by atoms with E-state index in [0.29, 0.717) is 22.8 Å². The van der Waals surface area contributed by atoms with Gasteiger partial charge >= 0.3 is 0 Å². The van der Waals surface area contributed by atoms with Crippen LogP contribution in [0, 0.1) is 39.8 Å². The van der Waals surface area contributed by atoms with Gasteiger partial charge in [0.05, 0.1) is 0 Å². The number of hydrogen-bond acceptors (Lipinski definition) is 7. The van der Waals surface area contributed by atoms with E-state index in [9.17, 15) is 9.59 Å². The molecule has 0 aliphatic carbocycles. The third-order valence-electron chi connectivity index (χ3n) is 3.81. The van der Waals surface area contributed by atoms with Gasteiger partial charge in [-0.15, -0.1) is 0 Å². The average Bonchev–Trinajstić information content (AvgIpc) is 3.00. The van der Waals surface area contributed by atoms with Crippen molar-refractivity contribution >= 4 is 29.2 Å². The number of carbonyl (C=O) groups is 2. The van der Waals surface area contributed by atoms with Crippen molar-refractivity contribution in [1.29, 1.82) is 0 Å². The Balaban J connectivity index is 0.00000210. The van der Waals surface area contributed by atoms with Crippen LogP contribution in [0.1, 0.15) is 43.5 Å². The number of amides is 2. The van der Waals surface area contributed by atoms with E-state index in [0.717, 1.165) is 4.90 Å². The molecule has 0 atom stereocenters. The summed E-state index contributed by atoms with van der Waals surface area (Å²) in [7, 11) is 0. The number of nitrogens with zero attached hydrogens (tertiary/aromatic N) is 5. The van der Waals surface area contributed by atoms with Gasteiger partial charge in [-0.1, -0.05) is 34.1 Å². The summed E-state index contributed by atoms with van der Waals surface area (Å²) in [5, 5.41) is 6.84. The standard InChI is InChI=1S/C18H14ClN5O3.2V/c1-9-5-7-13(11(3)20-9)17(25)24(16-15(19)22-27-23-16)18(26)14-8-6-10(2)21-12(14)4;;/h7-8H,1-4H3;;/q-2;;. The molecule has 3 aromatic heterocycles. The number of aryl methyl sites for hydroxylation is 4. The van der Waals surface area contributed by atoms with Crippen LogP contribution in [0.4, 0.5) is 5.82 Å². The summed E-state index contributed by atoms with van der Waals surface area (Å²) in [6, 6.07) is 8.64. The molecule has 0 saturated carbocycles. The van der Waals surface area contributed by atoms with E-state index < -0.39 is 11.8 Å². The second-order valence-electron chi connectivity index (χ2n) is 5.79. The van der Waals surface area contributed by atoms with Gasteiger partial charge in [0.25, 0.3) is 0 Å². The minimum atomic E-state index is -0.682. The number of halogens is 1. The summed E-state index contributed by atoms with van der Waals surface area (Å²) in [5.41, 5.74) is 2.47. The fourth-order valence-electron chi connectivity index (χ4n) is 2.52. The summed E-state index contributed by atoms with van der Waals surface area (Å²) < 4.78 is 4.57. The molecule has 0 aliphatic heterocycles. The topological polar surface area (TPSA) is 102 Å². The number of carbonyl (C=O) groups excluding carboxylic acids is 2. The van der Waals surface area contributed by atoms with Crippen molar-refractivity contribution in [3.8, 4) is 0 Å². The Labute approximate surface area is 196 Å².